The Hall–Kier alpha value is -2.05. The number of benzene rings is 1. The second-order valence-electron chi connectivity index (χ2n) is 4.98. The van der Waals surface area contributed by atoms with E-state index in [9.17, 15) is 4.79 Å². The molecule has 3 rings (SSSR count). The van der Waals surface area contributed by atoms with Crippen LogP contribution in [0.3, 0.4) is 0 Å². The molecule has 0 radical (unpaired) electrons. The van der Waals surface area contributed by atoms with Crippen LogP contribution in [0.25, 0.3) is 0 Å². The number of amides is 1. The zero-order valence-electron chi connectivity index (χ0n) is 12.2. The zero-order valence-corrected chi connectivity index (χ0v) is 13.0. The summed E-state index contributed by atoms with van der Waals surface area (Å²) < 4.78 is 5.51. The van der Waals surface area contributed by atoms with Crippen molar-refractivity contribution in [1.29, 1.82) is 0 Å². The molecular formula is C15H17ClN4O2. The number of aromatic amines is 1. The lowest BCUT2D eigenvalue weighted by molar-refractivity contribution is 0.102. The van der Waals surface area contributed by atoms with Crippen molar-refractivity contribution in [3.05, 3.63) is 40.2 Å². The third-order valence-electron chi connectivity index (χ3n) is 3.51. The van der Waals surface area contributed by atoms with E-state index >= 15 is 0 Å². The van der Waals surface area contributed by atoms with E-state index in [1.54, 1.807) is 18.2 Å². The molecule has 2 heterocycles. The van der Waals surface area contributed by atoms with Gasteiger partial charge in [0, 0.05) is 41.9 Å². The number of aromatic nitrogens is 2. The number of carbonyl (C=O) groups excluding carboxylic acids is 1. The van der Waals surface area contributed by atoms with Gasteiger partial charge in [-0.1, -0.05) is 11.6 Å². The largest absolute Gasteiger partial charge is 0.492 e. The van der Waals surface area contributed by atoms with E-state index in [4.69, 9.17) is 16.3 Å². The number of nitrogens with one attached hydrogen (secondary N) is 3. The molecule has 0 atom stereocenters. The van der Waals surface area contributed by atoms with E-state index in [0.29, 0.717) is 35.3 Å². The number of halogens is 1. The highest BCUT2D eigenvalue weighted by Crippen LogP contribution is 2.29. The number of carbonyl (C=O) groups is 1. The average Bonchev–Trinajstić information content (AvgIpc) is 2.94. The van der Waals surface area contributed by atoms with Gasteiger partial charge in [-0.2, -0.15) is 5.10 Å². The van der Waals surface area contributed by atoms with Crippen molar-refractivity contribution < 1.29 is 9.53 Å². The molecule has 7 heteroatoms. The Bertz CT molecular complexity index is 699. The fraction of sp³-hybridized carbons (Fsp3) is 0.333. The molecule has 1 aromatic heterocycles. The number of nitrogens with zero attached hydrogens (tertiary/aromatic N) is 1. The van der Waals surface area contributed by atoms with Crippen LogP contribution in [0.5, 0.6) is 5.75 Å². The highest BCUT2D eigenvalue weighted by Gasteiger charge is 2.22. The molecule has 116 valence electrons. The van der Waals surface area contributed by atoms with Crippen LogP contribution in [0.2, 0.25) is 5.02 Å². The third-order valence-corrected chi connectivity index (χ3v) is 3.75. The van der Waals surface area contributed by atoms with Crippen molar-refractivity contribution in [3.8, 4) is 5.75 Å². The zero-order chi connectivity index (χ0) is 15.5. The second kappa shape index (κ2) is 6.37. The quantitative estimate of drug-likeness (QED) is 0.808. The van der Waals surface area contributed by atoms with Gasteiger partial charge in [0.2, 0.25) is 0 Å². The normalized spacial score (nSPS) is 13.5. The second-order valence-corrected chi connectivity index (χ2v) is 5.42. The van der Waals surface area contributed by atoms with Crippen LogP contribution < -0.4 is 15.4 Å². The van der Waals surface area contributed by atoms with Crippen LogP contribution in [-0.2, 0) is 13.0 Å². The lowest BCUT2D eigenvalue weighted by Gasteiger charge is -2.14. The molecule has 0 saturated carbocycles. The first-order valence-electron chi connectivity index (χ1n) is 7.19. The summed E-state index contributed by atoms with van der Waals surface area (Å²) in [5.41, 5.74) is 2.94. The number of ether oxygens (including phenoxy) is 1. The molecule has 0 spiro atoms. The van der Waals surface area contributed by atoms with Gasteiger partial charge >= 0.3 is 0 Å². The van der Waals surface area contributed by atoms with Crippen molar-refractivity contribution in [2.75, 3.05) is 18.5 Å². The molecule has 0 unspecified atom stereocenters. The average molecular weight is 321 g/mol. The van der Waals surface area contributed by atoms with Crippen molar-refractivity contribution >= 4 is 23.2 Å². The van der Waals surface area contributed by atoms with Crippen molar-refractivity contribution in [3.63, 3.8) is 0 Å². The van der Waals surface area contributed by atoms with Crippen LogP contribution >= 0.6 is 11.6 Å². The minimum Gasteiger partial charge on any atom is -0.492 e. The lowest BCUT2D eigenvalue weighted by atomic mass is 10.1. The van der Waals surface area contributed by atoms with E-state index in [-0.39, 0.29) is 5.91 Å². The SMILES string of the molecule is CCOc1cc(Cl)ccc1NC(=O)c1n[nH]c2c1CNCC2. The number of anilines is 1. The van der Waals surface area contributed by atoms with E-state index < -0.39 is 0 Å². The summed E-state index contributed by atoms with van der Waals surface area (Å²) >= 11 is 5.97. The van der Waals surface area contributed by atoms with E-state index in [2.05, 4.69) is 20.8 Å². The Morgan fingerprint density at radius 3 is 3.18 bits per heavy atom. The topological polar surface area (TPSA) is 79.0 Å². The molecule has 1 aliphatic rings. The molecule has 0 bridgehead atoms. The van der Waals surface area contributed by atoms with Gasteiger partial charge in [0.25, 0.3) is 5.91 Å². The van der Waals surface area contributed by atoms with Crippen molar-refractivity contribution in [2.45, 2.75) is 19.9 Å². The van der Waals surface area contributed by atoms with E-state index in [1.165, 1.54) is 0 Å². The Kier molecular flexibility index (Phi) is 4.31. The minimum absolute atomic E-state index is 0.260. The number of rotatable bonds is 4. The van der Waals surface area contributed by atoms with Crippen LogP contribution in [0, 0.1) is 0 Å². The van der Waals surface area contributed by atoms with E-state index in [0.717, 1.165) is 24.2 Å². The van der Waals surface area contributed by atoms with Crippen LogP contribution in [0.15, 0.2) is 18.2 Å². The van der Waals surface area contributed by atoms with Crippen LogP contribution in [0.1, 0.15) is 28.7 Å². The summed E-state index contributed by atoms with van der Waals surface area (Å²) in [7, 11) is 0. The first-order chi connectivity index (χ1) is 10.7. The summed E-state index contributed by atoms with van der Waals surface area (Å²) in [6, 6.07) is 5.12. The monoisotopic (exact) mass is 320 g/mol. The maximum Gasteiger partial charge on any atom is 0.276 e. The fourth-order valence-electron chi connectivity index (χ4n) is 2.47. The van der Waals surface area contributed by atoms with Gasteiger partial charge < -0.3 is 15.4 Å². The molecular weight excluding hydrogens is 304 g/mol. The smallest absolute Gasteiger partial charge is 0.276 e. The van der Waals surface area contributed by atoms with Gasteiger partial charge in [0.05, 0.1) is 12.3 Å². The predicted molar refractivity (Wildman–Crippen MR) is 84.6 cm³/mol. The highest BCUT2D eigenvalue weighted by atomic mass is 35.5. The first kappa shape index (κ1) is 14.9. The number of hydrogen-bond donors (Lipinski definition) is 3. The highest BCUT2D eigenvalue weighted by molar-refractivity contribution is 6.30. The van der Waals surface area contributed by atoms with Crippen molar-refractivity contribution in [2.24, 2.45) is 0 Å². The lowest BCUT2D eigenvalue weighted by Crippen LogP contribution is -2.25. The fourth-order valence-corrected chi connectivity index (χ4v) is 2.63. The molecule has 6 nitrogen and oxygen atoms in total. The van der Waals surface area contributed by atoms with Gasteiger partial charge in [-0.25, -0.2) is 0 Å². The Labute approximate surface area is 133 Å². The Balaban J connectivity index is 1.84. The molecule has 1 aliphatic heterocycles. The number of hydrogen-bond acceptors (Lipinski definition) is 4. The summed E-state index contributed by atoms with van der Waals surface area (Å²) in [6.07, 6.45) is 0.848. The molecule has 0 fully saturated rings. The van der Waals surface area contributed by atoms with Gasteiger partial charge in [-0.15, -0.1) is 0 Å². The predicted octanol–water partition coefficient (Wildman–Crippen LogP) is 2.36. The molecule has 3 N–H and O–H groups in total. The number of fused-ring (bicyclic) bond motifs is 1. The van der Waals surface area contributed by atoms with Crippen molar-refractivity contribution in [1.82, 2.24) is 15.5 Å². The van der Waals surface area contributed by atoms with Crippen LogP contribution in [0.4, 0.5) is 5.69 Å². The summed E-state index contributed by atoms with van der Waals surface area (Å²) in [5.74, 6) is 0.287. The minimum atomic E-state index is -0.260. The maximum absolute atomic E-state index is 12.5. The molecule has 0 aliphatic carbocycles. The molecule has 2 aromatic rings. The van der Waals surface area contributed by atoms with E-state index in [1.807, 2.05) is 6.92 Å². The van der Waals surface area contributed by atoms with Gasteiger partial charge in [0.15, 0.2) is 5.69 Å². The molecule has 1 aromatic carbocycles. The van der Waals surface area contributed by atoms with Crippen LogP contribution in [-0.4, -0.2) is 29.3 Å². The maximum atomic E-state index is 12.5. The molecule has 22 heavy (non-hydrogen) atoms. The molecule has 0 saturated heterocycles. The first-order valence-corrected chi connectivity index (χ1v) is 7.57. The molecule has 1 amide bonds. The third kappa shape index (κ3) is 2.93. The number of H-pyrrole nitrogens is 1. The summed E-state index contributed by atoms with van der Waals surface area (Å²) in [5, 5.41) is 13.7. The van der Waals surface area contributed by atoms with Gasteiger partial charge in [-0.05, 0) is 19.1 Å². The summed E-state index contributed by atoms with van der Waals surface area (Å²) in [6.45, 7) is 3.91. The van der Waals surface area contributed by atoms with Gasteiger partial charge in [0.1, 0.15) is 5.75 Å². The summed E-state index contributed by atoms with van der Waals surface area (Å²) in [4.78, 5) is 12.5. The Morgan fingerprint density at radius 2 is 2.36 bits per heavy atom. The standard InChI is InChI=1S/C15H17ClN4O2/c1-2-22-13-7-9(16)3-4-12(13)18-15(21)14-10-8-17-6-5-11(10)19-20-14/h3-4,7,17H,2,5-6,8H2,1H3,(H,18,21)(H,19,20). The van der Waals surface area contributed by atoms with Gasteiger partial charge in [-0.3, -0.25) is 9.89 Å². The Morgan fingerprint density at radius 1 is 1.50 bits per heavy atom.